The first-order valence-electron chi connectivity index (χ1n) is 6.31. The summed E-state index contributed by atoms with van der Waals surface area (Å²) in [6.07, 6.45) is -0.347. The highest BCUT2D eigenvalue weighted by Gasteiger charge is 2.30. The van der Waals surface area contributed by atoms with Gasteiger partial charge >= 0.3 is 6.18 Å². The molecular weight excluding hydrogens is 305 g/mol. The average Bonchev–Trinajstić information content (AvgIpc) is 2.92. The van der Waals surface area contributed by atoms with Gasteiger partial charge in [-0.1, -0.05) is 30.4 Å². The van der Waals surface area contributed by atoms with Crippen LogP contribution in [0.3, 0.4) is 0 Å². The highest BCUT2D eigenvalue weighted by atomic mass is 35.5. The van der Waals surface area contributed by atoms with Crippen molar-refractivity contribution in [1.82, 2.24) is 10.6 Å². The van der Waals surface area contributed by atoms with E-state index in [0.717, 1.165) is 12.1 Å². The maximum atomic E-state index is 12.5. The average molecular weight is 321 g/mol. The van der Waals surface area contributed by atoms with Gasteiger partial charge in [-0.15, -0.1) is 12.4 Å². The van der Waals surface area contributed by atoms with Crippen molar-refractivity contribution in [3.63, 3.8) is 0 Å². The number of amides is 1. The first-order valence-corrected chi connectivity index (χ1v) is 6.31. The van der Waals surface area contributed by atoms with Crippen LogP contribution in [0.1, 0.15) is 11.1 Å². The monoisotopic (exact) mass is 320 g/mol. The fourth-order valence-electron chi connectivity index (χ4n) is 1.99. The van der Waals surface area contributed by atoms with E-state index in [-0.39, 0.29) is 24.4 Å². The topological polar surface area (TPSA) is 41.1 Å². The number of alkyl halides is 3. The molecule has 1 unspecified atom stereocenters. The van der Waals surface area contributed by atoms with Gasteiger partial charge in [0.1, 0.15) is 6.04 Å². The largest absolute Gasteiger partial charge is 0.416 e. The molecule has 2 rings (SSSR count). The Bertz CT molecular complexity index is 517. The Morgan fingerprint density at radius 1 is 1.38 bits per heavy atom. The van der Waals surface area contributed by atoms with Crippen molar-refractivity contribution in [2.75, 3.05) is 13.1 Å². The summed E-state index contributed by atoms with van der Waals surface area (Å²) in [7, 11) is 0. The second kappa shape index (κ2) is 7.47. The molecule has 1 aliphatic rings. The Kier molecular flexibility index (Phi) is 6.23. The molecule has 1 heterocycles. The van der Waals surface area contributed by atoms with Crippen LogP contribution in [0, 0.1) is 0 Å². The zero-order chi connectivity index (χ0) is 14.6. The lowest BCUT2D eigenvalue weighted by Crippen LogP contribution is -2.41. The molecule has 0 spiro atoms. The fourth-order valence-corrected chi connectivity index (χ4v) is 1.99. The number of nitrogens with one attached hydrogen (secondary N) is 2. The van der Waals surface area contributed by atoms with Gasteiger partial charge in [0.15, 0.2) is 0 Å². The van der Waals surface area contributed by atoms with Crippen molar-refractivity contribution in [1.29, 1.82) is 0 Å². The van der Waals surface area contributed by atoms with Crippen molar-refractivity contribution in [2.24, 2.45) is 0 Å². The van der Waals surface area contributed by atoms with Gasteiger partial charge in [0, 0.05) is 13.1 Å². The third kappa shape index (κ3) is 5.06. The highest BCUT2D eigenvalue weighted by molar-refractivity contribution is 5.85. The molecule has 1 atom stereocenters. The predicted octanol–water partition coefficient (Wildman–Crippen LogP) is 2.31. The molecule has 0 fully saturated rings. The highest BCUT2D eigenvalue weighted by Crippen LogP contribution is 2.29. The fraction of sp³-hybridized carbons (Fsp3) is 0.357. The van der Waals surface area contributed by atoms with Crippen molar-refractivity contribution >= 4 is 18.3 Å². The molecule has 1 amide bonds. The molecule has 21 heavy (non-hydrogen) atoms. The van der Waals surface area contributed by atoms with Crippen molar-refractivity contribution in [2.45, 2.75) is 18.6 Å². The van der Waals surface area contributed by atoms with E-state index in [2.05, 4.69) is 10.6 Å². The lowest BCUT2D eigenvalue weighted by atomic mass is 10.1. The molecule has 0 saturated heterocycles. The van der Waals surface area contributed by atoms with E-state index in [1.807, 2.05) is 6.08 Å². The zero-order valence-electron chi connectivity index (χ0n) is 11.1. The summed E-state index contributed by atoms with van der Waals surface area (Å²) < 4.78 is 37.6. The number of benzene rings is 1. The third-order valence-electron chi connectivity index (χ3n) is 3.03. The number of rotatable bonds is 4. The summed E-state index contributed by atoms with van der Waals surface area (Å²) in [6.45, 7) is 0.970. The van der Waals surface area contributed by atoms with E-state index >= 15 is 0 Å². The van der Waals surface area contributed by atoms with Crippen LogP contribution >= 0.6 is 12.4 Å². The predicted molar refractivity (Wildman–Crippen MR) is 76.3 cm³/mol. The van der Waals surface area contributed by atoms with E-state index in [4.69, 9.17) is 0 Å². The minimum Gasteiger partial charge on any atom is -0.354 e. The summed E-state index contributed by atoms with van der Waals surface area (Å²) in [5.41, 5.74) is -0.114. The summed E-state index contributed by atoms with van der Waals surface area (Å²) in [4.78, 5) is 11.7. The Hall–Kier alpha value is -1.53. The second-order valence-electron chi connectivity index (χ2n) is 4.55. The standard InChI is InChI=1S/C14H15F3N2O.ClH/c15-14(16,17)11-4-1-3-10(9-11)6-8-19-13(20)12-5-2-7-18-12;/h1-5,9,12,18H,6-8H2,(H,19,20);1H. The van der Waals surface area contributed by atoms with E-state index in [1.165, 1.54) is 6.07 Å². The molecule has 1 aromatic rings. The number of carbonyl (C=O) groups excluding carboxylic acids is 1. The van der Waals surface area contributed by atoms with Crippen LogP contribution in [0.15, 0.2) is 36.4 Å². The number of carbonyl (C=O) groups is 1. The van der Waals surface area contributed by atoms with Crippen LogP contribution in [0.25, 0.3) is 0 Å². The molecule has 0 bridgehead atoms. The molecule has 0 saturated carbocycles. The molecule has 7 heteroatoms. The Balaban J connectivity index is 0.00000220. The number of hydrogen-bond donors (Lipinski definition) is 2. The van der Waals surface area contributed by atoms with Gasteiger partial charge in [0.25, 0.3) is 0 Å². The van der Waals surface area contributed by atoms with Crippen LogP contribution in [0.5, 0.6) is 0 Å². The molecule has 1 aliphatic heterocycles. The summed E-state index contributed by atoms with van der Waals surface area (Å²) in [5, 5.41) is 5.66. The van der Waals surface area contributed by atoms with Gasteiger partial charge in [-0.05, 0) is 18.1 Å². The Morgan fingerprint density at radius 2 is 2.14 bits per heavy atom. The van der Waals surface area contributed by atoms with E-state index in [1.54, 1.807) is 12.1 Å². The zero-order valence-corrected chi connectivity index (χ0v) is 11.9. The molecule has 116 valence electrons. The molecule has 1 aromatic carbocycles. The van der Waals surface area contributed by atoms with Gasteiger partial charge in [0.05, 0.1) is 5.56 Å². The smallest absolute Gasteiger partial charge is 0.354 e. The van der Waals surface area contributed by atoms with Crippen molar-refractivity contribution in [3.05, 3.63) is 47.5 Å². The van der Waals surface area contributed by atoms with Crippen LogP contribution in [-0.2, 0) is 17.4 Å². The van der Waals surface area contributed by atoms with Crippen molar-refractivity contribution in [3.8, 4) is 0 Å². The minimum absolute atomic E-state index is 0. The van der Waals surface area contributed by atoms with Gasteiger partial charge < -0.3 is 5.32 Å². The number of hydrogen-bond acceptors (Lipinski definition) is 2. The van der Waals surface area contributed by atoms with Gasteiger partial charge in [-0.25, -0.2) is 0 Å². The Labute approximate surface area is 127 Å². The van der Waals surface area contributed by atoms with E-state index in [9.17, 15) is 18.0 Å². The molecule has 0 radical (unpaired) electrons. The van der Waals surface area contributed by atoms with Crippen LogP contribution in [0.2, 0.25) is 0 Å². The summed E-state index contributed by atoms with van der Waals surface area (Å²) in [5.74, 6) is -0.161. The molecule has 0 aliphatic carbocycles. The normalized spacial score (nSPS) is 17.4. The van der Waals surface area contributed by atoms with Gasteiger partial charge in [-0.3, -0.25) is 10.1 Å². The molecule has 3 nitrogen and oxygen atoms in total. The quantitative estimate of drug-likeness (QED) is 0.836. The van der Waals surface area contributed by atoms with Crippen molar-refractivity contribution < 1.29 is 18.0 Å². The van der Waals surface area contributed by atoms with E-state index < -0.39 is 11.7 Å². The lowest BCUT2D eigenvalue weighted by Gasteiger charge is -2.11. The minimum atomic E-state index is -4.34. The maximum absolute atomic E-state index is 12.5. The maximum Gasteiger partial charge on any atom is 0.416 e. The first-order chi connectivity index (χ1) is 9.47. The first kappa shape index (κ1) is 17.5. The number of halogens is 4. The summed E-state index contributed by atoms with van der Waals surface area (Å²) >= 11 is 0. The lowest BCUT2D eigenvalue weighted by molar-refractivity contribution is -0.137. The van der Waals surface area contributed by atoms with Gasteiger partial charge in [-0.2, -0.15) is 13.2 Å². The van der Waals surface area contributed by atoms with Crippen LogP contribution in [0.4, 0.5) is 13.2 Å². The SMILES string of the molecule is Cl.O=C(NCCc1cccc(C(F)(F)F)c1)C1C=CCN1. The van der Waals surface area contributed by atoms with E-state index in [0.29, 0.717) is 25.1 Å². The summed E-state index contributed by atoms with van der Waals surface area (Å²) in [6, 6.07) is 4.81. The molecule has 0 aromatic heterocycles. The molecule has 2 N–H and O–H groups in total. The third-order valence-corrected chi connectivity index (χ3v) is 3.03. The Morgan fingerprint density at radius 3 is 2.76 bits per heavy atom. The second-order valence-corrected chi connectivity index (χ2v) is 4.55. The van der Waals surface area contributed by atoms with Crippen LogP contribution in [-0.4, -0.2) is 25.0 Å². The molecular formula is C14H16ClF3N2O. The van der Waals surface area contributed by atoms with Crippen LogP contribution < -0.4 is 10.6 Å². The van der Waals surface area contributed by atoms with Gasteiger partial charge in [0.2, 0.25) is 5.91 Å².